The Morgan fingerprint density at radius 2 is 1.93 bits per heavy atom. The number of thioether (sulfide) groups is 1. The van der Waals surface area contributed by atoms with Crippen molar-refractivity contribution < 1.29 is 14.4 Å². The van der Waals surface area contributed by atoms with Crippen LogP contribution in [0.5, 0.6) is 5.75 Å². The van der Waals surface area contributed by atoms with E-state index in [1.165, 1.54) is 16.7 Å². The van der Waals surface area contributed by atoms with Crippen LogP contribution >= 0.6 is 11.8 Å². The Labute approximate surface area is 171 Å². The third kappa shape index (κ3) is 4.53. The van der Waals surface area contributed by atoms with Crippen molar-refractivity contribution in [1.82, 2.24) is 4.90 Å². The Hall–Kier alpha value is -1.98. The number of quaternary nitrogens is 1. The predicted octanol–water partition coefficient (Wildman–Crippen LogP) is 2.34. The van der Waals surface area contributed by atoms with Crippen LogP contribution < -0.4 is 9.64 Å². The van der Waals surface area contributed by atoms with Crippen molar-refractivity contribution in [2.75, 3.05) is 32.8 Å². The number of nitrogens with zero attached hydrogens (tertiary/aromatic N) is 1. The molecule has 0 bridgehead atoms. The maximum Gasteiger partial charge on any atom is 0.236 e. The first kappa shape index (κ1) is 19.3. The van der Waals surface area contributed by atoms with E-state index in [0.717, 1.165) is 56.4 Å². The number of amides is 1. The Balaban J connectivity index is 1.27. The molecule has 148 valence electrons. The molecule has 0 saturated carbocycles. The summed E-state index contributed by atoms with van der Waals surface area (Å²) < 4.78 is 5.60. The Morgan fingerprint density at radius 1 is 1.18 bits per heavy atom. The van der Waals surface area contributed by atoms with E-state index in [1.54, 1.807) is 16.7 Å². The summed E-state index contributed by atoms with van der Waals surface area (Å²) in [6.45, 7) is 9.68. The fourth-order valence-corrected chi connectivity index (χ4v) is 4.94. The molecule has 1 N–H and O–H groups in total. The van der Waals surface area contributed by atoms with Gasteiger partial charge in [-0.1, -0.05) is 17.7 Å². The summed E-state index contributed by atoms with van der Waals surface area (Å²) in [5, 5.41) is -0.0408. The molecule has 1 atom stereocenters. The molecular weight excluding hydrogens is 368 g/mol. The lowest BCUT2D eigenvalue weighted by Gasteiger charge is -2.33. The molecule has 2 aliphatic heterocycles. The molecule has 2 aliphatic rings. The topological polar surface area (TPSA) is 34.0 Å². The quantitative estimate of drug-likeness (QED) is 0.787. The van der Waals surface area contributed by atoms with Gasteiger partial charge in [-0.3, -0.25) is 4.79 Å². The summed E-state index contributed by atoms with van der Waals surface area (Å²) in [4.78, 5) is 17.6. The van der Waals surface area contributed by atoms with Gasteiger partial charge in [-0.2, -0.15) is 0 Å². The molecule has 5 heteroatoms. The lowest BCUT2D eigenvalue weighted by molar-refractivity contribution is -0.917. The highest BCUT2D eigenvalue weighted by atomic mass is 32.2. The fraction of sp³-hybridized carbons (Fsp3) is 0.435. The van der Waals surface area contributed by atoms with E-state index >= 15 is 0 Å². The number of hydrogen-bond acceptors (Lipinski definition) is 3. The molecule has 0 unspecified atom stereocenters. The Bertz CT molecular complexity index is 829. The fourth-order valence-electron chi connectivity index (χ4n) is 3.99. The number of carbonyl (C=O) groups is 1. The van der Waals surface area contributed by atoms with Gasteiger partial charge in [-0.15, -0.1) is 11.8 Å². The van der Waals surface area contributed by atoms with E-state index in [1.807, 2.05) is 11.8 Å². The van der Waals surface area contributed by atoms with Crippen molar-refractivity contribution >= 4 is 17.7 Å². The highest BCUT2D eigenvalue weighted by molar-refractivity contribution is 8.00. The van der Waals surface area contributed by atoms with Crippen LogP contribution in [-0.4, -0.2) is 48.8 Å². The molecule has 1 fully saturated rings. The molecule has 0 aromatic heterocycles. The molecule has 28 heavy (non-hydrogen) atoms. The van der Waals surface area contributed by atoms with E-state index in [9.17, 15) is 4.79 Å². The van der Waals surface area contributed by atoms with Gasteiger partial charge in [0.15, 0.2) is 0 Å². The maximum atomic E-state index is 12.8. The Kier molecular flexibility index (Phi) is 5.93. The average molecular weight is 398 g/mol. The van der Waals surface area contributed by atoms with Gasteiger partial charge in [-0.25, -0.2) is 0 Å². The molecule has 4 rings (SSSR count). The van der Waals surface area contributed by atoms with Crippen LogP contribution in [0, 0.1) is 6.92 Å². The van der Waals surface area contributed by atoms with Gasteiger partial charge in [-0.05, 0) is 49.7 Å². The third-order valence-corrected chi connectivity index (χ3v) is 6.77. The van der Waals surface area contributed by atoms with Gasteiger partial charge in [0.2, 0.25) is 5.91 Å². The van der Waals surface area contributed by atoms with E-state index < -0.39 is 0 Å². The molecular formula is C23H29N2O2S+. The zero-order chi connectivity index (χ0) is 19.5. The third-order valence-electron chi connectivity index (χ3n) is 5.67. The smallest absolute Gasteiger partial charge is 0.236 e. The van der Waals surface area contributed by atoms with Crippen molar-refractivity contribution in [3.63, 3.8) is 0 Å². The number of rotatable bonds is 5. The highest BCUT2D eigenvalue weighted by Crippen LogP contribution is 2.26. The van der Waals surface area contributed by atoms with Crippen molar-refractivity contribution in [1.29, 1.82) is 0 Å². The summed E-state index contributed by atoms with van der Waals surface area (Å²) >= 11 is 1.66. The zero-order valence-electron chi connectivity index (χ0n) is 16.7. The number of piperazine rings is 1. The highest BCUT2D eigenvalue weighted by Gasteiger charge is 2.27. The molecule has 4 nitrogen and oxygen atoms in total. The summed E-state index contributed by atoms with van der Waals surface area (Å²) in [6.07, 6.45) is 1.03. The van der Waals surface area contributed by atoms with Crippen LogP contribution in [0.2, 0.25) is 0 Å². The standard InChI is InChI=1S/C23H28N2O2S/c1-17-3-6-21(7-4-17)28-18(2)23(26)25-12-10-24(11-13-25)16-19-5-8-22-20(15-19)9-14-27-22/h3-8,15,18H,9-14,16H2,1-2H3/p+1/t18-/m1/s1. The number of aryl methyl sites for hydroxylation is 1. The number of nitrogens with one attached hydrogen (secondary N) is 1. The largest absolute Gasteiger partial charge is 0.493 e. The Morgan fingerprint density at radius 3 is 2.68 bits per heavy atom. The lowest BCUT2D eigenvalue weighted by Crippen LogP contribution is -3.13. The zero-order valence-corrected chi connectivity index (χ0v) is 17.6. The molecule has 2 aromatic carbocycles. The van der Waals surface area contributed by atoms with Crippen LogP contribution in [-0.2, 0) is 17.8 Å². The van der Waals surface area contributed by atoms with Gasteiger partial charge in [0.05, 0.1) is 38.0 Å². The number of ether oxygens (including phenoxy) is 1. The van der Waals surface area contributed by atoms with Crippen molar-refractivity contribution in [2.45, 2.75) is 37.0 Å². The minimum Gasteiger partial charge on any atom is -0.493 e. The predicted molar refractivity (Wildman–Crippen MR) is 113 cm³/mol. The van der Waals surface area contributed by atoms with E-state index in [0.29, 0.717) is 0 Å². The van der Waals surface area contributed by atoms with Crippen LogP contribution in [0.3, 0.4) is 0 Å². The monoisotopic (exact) mass is 397 g/mol. The second kappa shape index (κ2) is 8.58. The normalized spacial score (nSPS) is 17.9. The SMILES string of the molecule is Cc1ccc(S[C@H](C)C(=O)N2CC[NH+](Cc3ccc4c(c3)CCO4)CC2)cc1. The summed E-state index contributed by atoms with van der Waals surface area (Å²) in [6, 6.07) is 15.0. The van der Waals surface area contributed by atoms with Crippen LogP contribution in [0.25, 0.3) is 0 Å². The number of benzene rings is 2. The van der Waals surface area contributed by atoms with Crippen LogP contribution in [0.1, 0.15) is 23.6 Å². The minimum atomic E-state index is -0.0408. The molecule has 0 aliphatic carbocycles. The first-order valence-corrected chi connectivity index (χ1v) is 11.1. The van der Waals surface area contributed by atoms with Gasteiger partial charge >= 0.3 is 0 Å². The minimum absolute atomic E-state index is 0.0408. The molecule has 1 amide bonds. The molecule has 1 saturated heterocycles. The first-order valence-electron chi connectivity index (χ1n) is 10.2. The molecule has 0 spiro atoms. The molecule has 2 aromatic rings. The van der Waals surface area contributed by atoms with Crippen molar-refractivity contribution in [3.8, 4) is 5.75 Å². The van der Waals surface area contributed by atoms with E-state index in [4.69, 9.17) is 4.74 Å². The van der Waals surface area contributed by atoms with E-state index in [2.05, 4.69) is 49.4 Å². The van der Waals surface area contributed by atoms with Crippen molar-refractivity contribution in [2.24, 2.45) is 0 Å². The van der Waals surface area contributed by atoms with E-state index in [-0.39, 0.29) is 11.2 Å². The maximum absolute atomic E-state index is 12.8. The first-order chi connectivity index (χ1) is 13.6. The molecule has 0 radical (unpaired) electrons. The van der Waals surface area contributed by atoms with Gasteiger partial charge in [0, 0.05) is 16.9 Å². The van der Waals surface area contributed by atoms with Crippen LogP contribution in [0.15, 0.2) is 47.4 Å². The lowest BCUT2D eigenvalue weighted by atomic mass is 10.1. The van der Waals surface area contributed by atoms with Gasteiger partial charge in [0.1, 0.15) is 12.3 Å². The van der Waals surface area contributed by atoms with Gasteiger partial charge in [0.25, 0.3) is 0 Å². The van der Waals surface area contributed by atoms with Gasteiger partial charge < -0.3 is 14.5 Å². The summed E-state index contributed by atoms with van der Waals surface area (Å²) in [5.74, 6) is 1.31. The van der Waals surface area contributed by atoms with Crippen LogP contribution in [0.4, 0.5) is 0 Å². The summed E-state index contributed by atoms with van der Waals surface area (Å²) in [5.41, 5.74) is 3.97. The molecule has 2 heterocycles. The van der Waals surface area contributed by atoms with Crippen molar-refractivity contribution in [3.05, 3.63) is 59.2 Å². The second-order valence-electron chi connectivity index (χ2n) is 7.87. The number of fused-ring (bicyclic) bond motifs is 1. The summed E-state index contributed by atoms with van der Waals surface area (Å²) in [7, 11) is 0. The number of hydrogen-bond donors (Lipinski definition) is 1. The second-order valence-corrected chi connectivity index (χ2v) is 9.28. The number of carbonyl (C=O) groups excluding carboxylic acids is 1. The average Bonchev–Trinajstić information content (AvgIpc) is 3.17.